The third kappa shape index (κ3) is 4.34. The van der Waals surface area contributed by atoms with Gasteiger partial charge in [-0.15, -0.1) is 10.2 Å². The van der Waals surface area contributed by atoms with Gasteiger partial charge >= 0.3 is 0 Å². The Bertz CT molecular complexity index is 318. The third-order valence-electron chi connectivity index (χ3n) is 3.42. The lowest BCUT2D eigenvalue weighted by molar-refractivity contribution is 0.555. The summed E-state index contributed by atoms with van der Waals surface area (Å²) in [5.41, 5.74) is 0. The van der Waals surface area contributed by atoms with Gasteiger partial charge in [-0.2, -0.15) is 0 Å². The Kier molecular flexibility index (Phi) is 6.03. The van der Waals surface area contributed by atoms with Gasteiger partial charge < -0.3 is 4.57 Å². The van der Waals surface area contributed by atoms with Crippen LogP contribution >= 0.6 is 11.8 Å². The summed E-state index contributed by atoms with van der Waals surface area (Å²) in [6.45, 7) is 10.1. The van der Waals surface area contributed by atoms with E-state index >= 15 is 0 Å². The summed E-state index contributed by atoms with van der Waals surface area (Å²) >= 11 is 1.87. The van der Waals surface area contributed by atoms with E-state index in [-0.39, 0.29) is 4.75 Å². The van der Waals surface area contributed by atoms with Crippen LogP contribution in [0.4, 0.5) is 0 Å². The molecule has 1 rings (SSSR count). The molecule has 1 heterocycles. The van der Waals surface area contributed by atoms with Crippen molar-refractivity contribution in [3.63, 3.8) is 0 Å². The minimum absolute atomic E-state index is 0.287. The molecule has 1 aromatic rings. The first-order valence-electron chi connectivity index (χ1n) is 6.72. The molecule has 0 amide bonds. The normalized spacial score (nSPS) is 12.0. The predicted octanol–water partition coefficient (Wildman–Crippen LogP) is 4.14. The Morgan fingerprint density at radius 2 is 1.94 bits per heavy atom. The lowest BCUT2D eigenvalue weighted by Gasteiger charge is -2.25. The molecular weight excluding hydrogens is 230 g/mol. The maximum absolute atomic E-state index is 4.25. The summed E-state index contributed by atoms with van der Waals surface area (Å²) < 4.78 is 2.49. The van der Waals surface area contributed by atoms with Gasteiger partial charge in [0.1, 0.15) is 6.33 Å². The monoisotopic (exact) mass is 255 g/mol. The first-order valence-corrected chi connectivity index (χ1v) is 7.53. The number of hydrogen-bond acceptors (Lipinski definition) is 3. The van der Waals surface area contributed by atoms with E-state index in [0.717, 1.165) is 24.5 Å². The smallest absolute Gasteiger partial charge is 0.191 e. The summed E-state index contributed by atoms with van der Waals surface area (Å²) in [6, 6.07) is 0. The fourth-order valence-corrected chi connectivity index (χ4v) is 2.70. The molecule has 0 fully saturated rings. The van der Waals surface area contributed by atoms with Gasteiger partial charge in [-0.1, -0.05) is 45.4 Å². The zero-order chi connectivity index (χ0) is 12.7. The minimum Gasteiger partial charge on any atom is -0.309 e. The van der Waals surface area contributed by atoms with Crippen molar-refractivity contribution in [2.24, 2.45) is 0 Å². The van der Waals surface area contributed by atoms with Crippen molar-refractivity contribution in [2.75, 3.05) is 0 Å². The average molecular weight is 255 g/mol. The number of hydrogen-bond donors (Lipinski definition) is 0. The van der Waals surface area contributed by atoms with Crippen molar-refractivity contribution in [3.05, 3.63) is 6.33 Å². The van der Waals surface area contributed by atoms with Crippen molar-refractivity contribution in [2.45, 2.75) is 76.2 Å². The van der Waals surface area contributed by atoms with Crippen LogP contribution < -0.4 is 0 Å². The van der Waals surface area contributed by atoms with Crippen LogP contribution in [-0.2, 0) is 6.54 Å². The topological polar surface area (TPSA) is 30.7 Å². The van der Waals surface area contributed by atoms with E-state index in [2.05, 4.69) is 42.5 Å². The fraction of sp³-hybridized carbons (Fsp3) is 0.846. The second kappa shape index (κ2) is 7.04. The molecule has 0 aliphatic heterocycles. The van der Waals surface area contributed by atoms with E-state index in [9.17, 15) is 0 Å². The van der Waals surface area contributed by atoms with Crippen molar-refractivity contribution in [1.82, 2.24) is 14.8 Å². The zero-order valence-electron chi connectivity index (χ0n) is 11.6. The van der Waals surface area contributed by atoms with Crippen LogP contribution in [0.15, 0.2) is 11.5 Å². The second-order valence-electron chi connectivity index (χ2n) is 4.77. The molecule has 17 heavy (non-hydrogen) atoms. The summed E-state index contributed by atoms with van der Waals surface area (Å²) in [5, 5.41) is 9.37. The van der Waals surface area contributed by atoms with Crippen LogP contribution in [-0.4, -0.2) is 19.5 Å². The predicted molar refractivity (Wildman–Crippen MR) is 74.4 cm³/mol. The van der Waals surface area contributed by atoms with E-state index in [1.807, 2.05) is 18.1 Å². The molecular formula is C13H25N3S. The quantitative estimate of drug-likeness (QED) is 0.516. The molecule has 0 radical (unpaired) electrons. The van der Waals surface area contributed by atoms with Crippen LogP contribution in [0.1, 0.15) is 59.8 Å². The van der Waals surface area contributed by atoms with Crippen LogP contribution in [0.2, 0.25) is 0 Å². The van der Waals surface area contributed by atoms with E-state index in [0.29, 0.717) is 0 Å². The Hall–Kier alpha value is -0.510. The SMILES string of the molecule is CCCCCn1cnnc1SC(C)(CC)CC. The van der Waals surface area contributed by atoms with Crippen LogP contribution in [0.3, 0.4) is 0 Å². The molecule has 0 saturated carbocycles. The van der Waals surface area contributed by atoms with E-state index in [1.54, 1.807) is 0 Å². The number of aromatic nitrogens is 3. The highest BCUT2D eigenvalue weighted by molar-refractivity contribution is 8.00. The highest BCUT2D eigenvalue weighted by Crippen LogP contribution is 2.36. The first kappa shape index (κ1) is 14.6. The highest BCUT2D eigenvalue weighted by Gasteiger charge is 2.23. The standard InChI is InChI=1S/C13H25N3S/c1-5-8-9-10-16-11-14-15-12(16)17-13(4,6-2)7-3/h11H,5-10H2,1-4H3. The van der Waals surface area contributed by atoms with E-state index in [4.69, 9.17) is 0 Å². The third-order valence-corrected chi connectivity index (χ3v) is 4.98. The lowest BCUT2D eigenvalue weighted by Crippen LogP contribution is -2.18. The molecule has 98 valence electrons. The molecule has 0 aromatic carbocycles. The van der Waals surface area contributed by atoms with Crippen molar-refractivity contribution < 1.29 is 0 Å². The van der Waals surface area contributed by atoms with Gasteiger partial charge in [0.2, 0.25) is 0 Å². The van der Waals surface area contributed by atoms with E-state index < -0.39 is 0 Å². The maximum Gasteiger partial charge on any atom is 0.191 e. The Labute approximate surface area is 109 Å². The van der Waals surface area contributed by atoms with Gasteiger partial charge in [0.15, 0.2) is 5.16 Å². The number of nitrogens with zero attached hydrogens (tertiary/aromatic N) is 3. The van der Waals surface area contributed by atoms with Crippen LogP contribution in [0.5, 0.6) is 0 Å². The van der Waals surface area contributed by atoms with Crippen molar-refractivity contribution >= 4 is 11.8 Å². The van der Waals surface area contributed by atoms with Gasteiger partial charge in [0, 0.05) is 11.3 Å². The van der Waals surface area contributed by atoms with Gasteiger partial charge in [0.05, 0.1) is 0 Å². The molecule has 0 saturated heterocycles. The highest BCUT2D eigenvalue weighted by atomic mass is 32.2. The molecule has 0 aliphatic rings. The Morgan fingerprint density at radius 1 is 1.24 bits per heavy atom. The van der Waals surface area contributed by atoms with Crippen LogP contribution in [0, 0.1) is 0 Å². The molecule has 0 N–H and O–H groups in total. The Balaban J connectivity index is 2.61. The summed E-state index contributed by atoms with van der Waals surface area (Å²) in [7, 11) is 0. The fourth-order valence-electron chi connectivity index (χ4n) is 1.62. The zero-order valence-corrected chi connectivity index (χ0v) is 12.4. The molecule has 0 atom stereocenters. The maximum atomic E-state index is 4.25. The molecule has 0 bridgehead atoms. The molecule has 0 spiro atoms. The van der Waals surface area contributed by atoms with Crippen LogP contribution in [0.25, 0.3) is 0 Å². The molecule has 0 aliphatic carbocycles. The average Bonchev–Trinajstić information content (AvgIpc) is 2.77. The van der Waals surface area contributed by atoms with Gasteiger partial charge in [0.25, 0.3) is 0 Å². The molecule has 3 nitrogen and oxygen atoms in total. The summed E-state index contributed by atoms with van der Waals surface area (Å²) in [6.07, 6.45) is 7.94. The van der Waals surface area contributed by atoms with Gasteiger partial charge in [-0.25, -0.2) is 0 Å². The molecule has 0 unspecified atom stereocenters. The van der Waals surface area contributed by atoms with Gasteiger partial charge in [-0.05, 0) is 26.2 Å². The van der Waals surface area contributed by atoms with Crippen molar-refractivity contribution in [1.29, 1.82) is 0 Å². The largest absolute Gasteiger partial charge is 0.309 e. The van der Waals surface area contributed by atoms with E-state index in [1.165, 1.54) is 19.3 Å². The summed E-state index contributed by atoms with van der Waals surface area (Å²) in [4.78, 5) is 0. The lowest BCUT2D eigenvalue weighted by atomic mass is 10.1. The molecule has 1 aromatic heterocycles. The van der Waals surface area contributed by atoms with Crippen molar-refractivity contribution in [3.8, 4) is 0 Å². The second-order valence-corrected chi connectivity index (χ2v) is 6.33. The van der Waals surface area contributed by atoms with Gasteiger partial charge in [-0.3, -0.25) is 0 Å². The Morgan fingerprint density at radius 3 is 2.53 bits per heavy atom. The first-order chi connectivity index (χ1) is 8.15. The minimum atomic E-state index is 0.287. The molecule has 4 heteroatoms. The number of thioether (sulfide) groups is 1. The number of aryl methyl sites for hydroxylation is 1. The number of rotatable bonds is 8. The summed E-state index contributed by atoms with van der Waals surface area (Å²) in [5.74, 6) is 0. The number of unbranched alkanes of at least 4 members (excludes halogenated alkanes) is 2.